The Hall–Kier alpha value is -2.84. The lowest BCUT2D eigenvalue weighted by molar-refractivity contribution is -0.148. The molecule has 3 aromatic rings. The van der Waals surface area contributed by atoms with E-state index in [0.717, 1.165) is 25.3 Å². The minimum absolute atomic E-state index is 0.0396. The summed E-state index contributed by atoms with van der Waals surface area (Å²) in [5.74, 6) is -0.200. The highest BCUT2D eigenvalue weighted by atomic mass is 35.5. The van der Waals surface area contributed by atoms with E-state index < -0.39 is 0 Å². The Morgan fingerprint density at radius 1 is 1.17 bits per heavy atom. The normalized spacial score (nSPS) is 17.3. The molecule has 1 atom stereocenters. The molecule has 0 saturated carbocycles. The fourth-order valence-corrected chi connectivity index (χ4v) is 5.05. The van der Waals surface area contributed by atoms with Gasteiger partial charge in [-0.3, -0.25) is 14.1 Å². The van der Waals surface area contributed by atoms with Crippen LogP contribution in [-0.4, -0.2) is 63.4 Å². The van der Waals surface area contributed by atoms with Crippen LogP contribution in [0, 0.1) is 5.41 Å². The Morgan fingerprint density at radius 3 is 2.69 bits per heavy atom. The highest BCUT2D eigenvalue weighted by Gasteiger charge is 2.33. The topological polar surface area (TPSA) is 72.1 Å². The van der Waals surface area contributed by atoms with Gasteiger partial charge in [-0.2, -0.15) is 0 Å². The summed E-state index contributed by atoms with van der Waals surface area (Å²) in [5, 5.41) is 5.17. The largest absolute Gasteiger partial charge is 0.463 e. The summed E-state index contributed by atoms with van der Waals surface area (Å²) in [6, 6.07) is 13.3. The van der Waals surface area contributed by atoms with Crippen molar-refractivity contribution in [3.8, 4) is 0 Å². The SMILES string of the molecule is CC(C)OC(=O)CC1CN(CC(C)(C)Cn2nc3ccccn3c2=O)CCN1c1cccc(Cl)c1. The van der Waals surface area contributed by atoms with E-state index in [4.69, 9.17) is 16.3 Å². The van der Waals surface area contributed by atoms with Crippen LogP contribution in [0.5, 0.6) is 0 Å². The second kappa shape index (κ2) is 10.4. The monoisotopic (exact) mass is 499 g/mol. The molecule has 35 heavy (non-hydrogen) atoms. The van der Waals surface area contributed by atoms with Crippen molar-refractivity contribution in [2.45, 2.75) is 52.8 Å². The highest BCUT2D eigenvalue weighted by Crippen LogP contribution is 2.28. The van der Waals surface area contributed by atoms with Crippen molar-refractivity contribution in [1.82, 2.24) is 19.1 Å². The molecule has 0 radical (unpaired) electrons. The second-order valence-corrected chi connectivity index (χ2v) is 10.8. The van der Waals surface area contributed by atoms with Crippen molar-refractivity contribution < 1.29 is 9.53 Å². The standard InChI is InChI=1S/C26H34ClN5O3/c1-19(2)35-24(33)15-22-16-29(12-13-30(22)21-9-7-8-20(27)14-21)17-26(3,4)18-32-25(34)31-11-6-5-10-23(31)28-32/h5-11,14,19,22H,12-13,15-18H2,1-4H3. The fraction of sp³-hybridized carbons (Fsp3) is 0.500. The van der Waals surface area contributed by atoms with Crippen molar-refractivity contribution in [3.63, 3.8) is 0 Å². The average molecular weight is 500 g/mol. The van der Waals surface area contributed by atoms with Crippen molar-refractivity contribution in [2.75, 3.05) is 31.1 Å². The predicted molar refractivity (Wildman–Crippen MR) is 138 cm³/mol. The van der Waals surface area contributed by atoms with Gasteiger partial charge in [-0.15, -0.1) is 5.10 Å². The summed E-state index contributed by atoms with van der Waals surface area (Å²) in [6.45, 7) is 11.6. The number of aromatic nitrogens is 3. The number of hydrogen-bond acceptors (Lipinski definition) is 6. The average Bonchev–Trinajstić information content (AvgIpc) is 3.08. The van der Waals surface area contributed by atoms with Crippen LogP contribution in [-0.2, 0) is 16.1 Å². The maximum absolute atomic E-state index is 12.8. The second-order valence-electron chi connectivity index (χ2n) is 10.3. The zero-order valence-corrected chi connectivity index (χ0v) is 21.6. The fourth-order valence-electron chi connectivity index (χ4n) is 4.87. The van der Waals surface area contributed by atoms with Gasteiger partial charge in [-0.25, -0.2) is 9.48 Å². The lowest BCUT2D eigenvalue weighted by atomic mass is 9.91. The lowest BCUT2D eigenvalue weighted by Gasteiger charge is -2.44. The number of halogens is 1. The molecule has 188 valence electrons. The molecule has 1 unspecified atom stereocenters. The molecule has 1 aliphatic heterocycles. The van der Waals surface area contributed by atoms with Crippen LogP contribution in [0.15, 0.2) is 53.5 Å². The number of hydrogen-bond donors (Lipinski definition) is 0. The molecule has 1 aromatic carbocycles. The predicted octanol–water partition coefficient (Wildman–Crippen LogP) is 3.71. The Balaban J connectivity index is 1.48. The summed E-state index contributed by atoms with van der Waals surface area (Å²) in [5.41, 5.74) is 1.32. The summed E-state index contributed by atoms with van der Waals surface area (Å²) < 4.78 is 8.58. The number of anilines is 1. The highest BCUT2D eigenvalue weighted by molar-refractivity contribution is 6.30. The minimum Gasteiger partial charge on any atom is -0.463 e. The molecule has 2 aromatic heterocycles. The molecule has 0 aliphatic carbocycles. The number of piperazine rings is 1. The smallest absolute Gasteiger partial charge is 0.350 e. The number of esters is 1. The van der Waals surface area contributed by atoms with E-state index in [9.17, 15) is 9.59 Å². The first-order chi connectivity index (χ1) is 16.6. The number of pyridine rings is 1. The Bertz CT molecular complexity index is 1230. The molecule has 0 spiro atoms. The van der Waals surface area contributed by atoms with Gasteiger partial charge in [-0.05, 0) is 49.6 Å². The van der Waals surface area contributed by atoms with Crippen LogP contribution in [0.2, 0.25) is 5.02 Å². The van der Waals surface area contributed by atoms with Crippen molar-refractivity contribution >= 4 is 28.9 Å². The number of benzene rings is 1. The maximum Gasteiger partial charge on any atom is 0.350 e. The summed E-state index contributed by atoms with van der Waals surface area (Å²) in [6.07, 6.45) is 1.89. The van der Waals surface area contributed by atoms with Gasteiger partial charge in [0.15, 0.2) is 5.65 Å². The molecule has 3 heterocycles. The van der Waals surface area contributed by atoms with Crippen molar-refractivity contribution in [2.24, 2.45) is 5.41 Å². The zero-order chi connectivity index (χ0) is 25.2. The minimum atomic E-state index is -0.205. The molecule has 1 fully saturated rings. The van der Waals surface area contributed by atoms with Crippen LogP contribution < -0.4 is 10.6 Å². The van der Waals surface area contributed by atoms with E-state index in [0.29, 0.717) is 30.2 Å². The molecule has 1 saturated heterocycles. The van der Waals surface area contributed by atoms with Gasteiger partial charge >= 0.3 is 11.7 Å². The molecule has 8 nitrogen and oxygen atoms in total. The number of carbonyl (C=O) groups excluding carboxylic acids is 1. The van der Waals surface area contributed by atoms with Gasteiger partial charge in [0.05, 0.1) is 25.1 Å². The van der Waals surface area contributed by atoms with Gasteiger partial charge in [0, 0.05) is 43.1 Å². The number of rotatable bonds is 8. The van der Waals surface area contributed by atoms with E-state index in [1.54, 1.807) is 15.3 Å². The van der Waals surface area contributed by atoms with Gasteiger partial charge < -0.3 is 9.64 Å². The van der Waals surface area contributed by atoms with Crippen LogP contribution in [0.1, 0.15) is 34.1 Å². The summed E-state index contributed by atoms with van der Waals surface area (Å²) >= 11 is 6.26. The molecule has 0 bridgehead atoms. The third-order valence-corrected chi connectivity index (χ3v) is 6.43. The quantitative estimate of drug-likeness (QED) is 0.440. The Labute approximate surface area is 211 Å². The Kier molecular flexibility index (Phi) is 7.52. The van der Waals surface area contributed by atoms with Crippen molar-refractivity contribution in [3.05, 3.63) is 64.2 Å². The van der Waals surface area contributed by atoms with E-state index in [1.807, 2.05) is 56.3 Å². The molecule has 9 heteroatoms. The first kappa shape index (κ1) is 25.3. The van der Waals surface area contributed by atoms with E-state index >= 15 is 0 Å². The number of carbonyl (C=O) groups is 1. The third kappa shape index (κ3) is 6.24. The maximum atomic E-state index is 12.8. The molecule has 0 amide bonds. The van der Waals surface area contributed by atoms with Gasteiger partial charge in [0.1, 0.15) is 0 Å². The number of ether oxygens (including phenoxy) is 1. The third-order valence-electron chi connectivity index (χ3n) is 6.19. The zero-order valence-electron chi connectivity index (χ0n) is 20.9. The summed E-state index contributed by atoms with van der Waals surface area (Å²) in [7, 11) is 0. The molecule has 1 aliphatic rings. The van der Waals surface area contributed by atoms with Crippen molar-refractivity contribution in [1.29, 1.82) is 0 Å². The molecule has 0 N–H and O–H groups in total. The first-order valence-corrected chi connectivity index (χ1v) is 12.5. The van der Waals surface area contributed by atoms with Crippen LogP contribution in [0.3, 0.4) is 0 Å². The van der Waals surface area contributed by atoms with Gasteiger partial charge in [0.25, 0.3) is 0 Å². The Morgan fingerprint density at radius 2 is 1.97 bits per heavy atom. The van der Waals surface area contributed by atoms with Crippen LogP contribution >= 0.6 is 11.6 Å². The molecular formula is C26H34ClN5O3. The van der Waals surface area contributed by atoms with E-state index in [-0.39, 0.29) is 29.2 Å². The van der Waals surface area contributed by atoms with Gasteiger partial charge in [0.2, 0.25) is 0 Å². The lowest BCUT2D eigenvalue weighted by Crippen LogP contribution is -2.56. The van der Waals surface area contributed by atoms with Crippen LogP contribution in [0.4, 0.5) is 5.69 Å². The van der Waals surface area contributed by atoms with E-state index in [1.165, 1.54) is 0 Å². The van der Waals surface area contributed by atoms with Gasteiger partial charge in [-0.1, -0.05) is 37.6 Å². The molecular weight excluding hydrogens is 466 g/mol. The summed E-state index contributed by atoms with van der Waals surface area (Å²) in [4.78, 5) is 30.0. The first-order valence-electron chi connectivity index (χ1n) is 12.1. The molecule has 4 rings (SSSR count). The van der Waals surface area contributed by atoms with Crippen LogP contribution in [0.25, 0.3) is 5.65 Å². The van der Waals surface area contributed by atoms with E-state index in [2.05, 4.69) is 28.7 Å². The number of fused-ring (bicyclic) bond motifs is 1. The number of nitrogens with zero attached hydrogens (tertiary/aromatic N) is 5.